The van der Waals surface area contributed by atoms with Crippen molar-refractivity contribution in [1.82, 2.24) is 20.2 Å². The first-order chi connectivity index (χ1) is 15.1. The van der Waals surface area contributed by atoms with Crippen LogP contribution in [0.5, 0.6) is 5.75 Å². The quantitative estimate of drug-likeness (QED) is 0.676. The van der Waals surface area contributed by atoms with Gasteiger partial charge in [0.05, 0.1) is 18.2 Å². The number of thiazole rings is 1. The normalized spacial score (nSPS) is 20.1. The van der Waals surface area contributed by atoms with Crippen LogP contribution < -0.4 is 10.1 Å². The van der Waals surface area contributed by atoms with Crippen LogP contribution in [0.3, 0.4) is 0 Å². The highest BCUT2D eigenvalue weighted by Gasteiger charge is 2.43. The van der Waals surface area contributed by atoms with Gasteiger partial charge in [-0.25, -0.2) is 4.98 Å². The summed E-state index contributed by atoms with van der Waals surface area (Å²) < 4.78 is 6.50. The fraction of sp³-hybridized carbons (Fsp3) is 0.375. The summed E-state index contributed by atoms with van der Waals surface area (Å²) in [7, 11) is 2.15. The predicted molar refractivity (Wildman–Crippen MR) is 121 cm³/mol. The molecule has 0 aliphatic carbocycles. The molecule has 2 aliphatic heterocycles. The van der Waals surface area contributed by atoms with Crippen LogP contribution >= 0.6 is 11.3 Å². The van der Waals surface area contributed by atoms with Crippen molar-refractivity contribution in [1.29, 1.82) is 0 Å². The van der Waals surface area contributed by atoms with Crippen molar-refractivity contribution in [2.75, 3.05) is 20.1 Å². The number of hydrogen-bond acceptors (Lipinski definition) is 6. The number of nitrogens with one attached hydrogen (secondary N) is 1. The number of hydrogen-bond donors (Lipinski definition) is 1. The number of ether oxygens (including phenoxy) is 1. The third kappa shape index (κ3) is 4.34. The lowest BCUT2D eigenvalue weighted by Crippen LogP contribution is -2.51. The van der Waals surface area contributed by atoms with E-state index < -0.39 is 0 Å². The molecule has 1 atom stereocenters. The summed E-state index contributed by atoms with van der Waals surface area (Å²) >= 11 is 1.54. The SMILES string of the molecule is CN1CCC2(CC1)CC(NC(=O)Cc1csc(-c3cccnc3)n1)c1ccccc1O2. The molecule has 7 heteroatoms. The number of para-hydroxylation sites is 1. The van der Waals surface area contributed by atoms with E-state index in [2.05, 4.69) is 33.3 Å². The maximum atomic E-state index is 13.0. The van der Waals surface area contributed by atoms with Gasteiger partial charge in [0.25, 0.3) is 0 Å². The standard InChI is InChI=1S/C24H26N4O2S/c1-28-11-8-24(9-12-28)14-20(19-6-2-3-7-21(19)30-24)27-22(29)13-18-16-31-23(26-18)17-5-4-10-25-15-17/h2-7,10,15-16,20H,8-9,11-14H2,1H3,(H,27,29). The van der Waals surface area contributed by atoms with Gasteiger partial charge >= 0.3 is 0 Å². The number of nitrogens with zero attached hydrogens (tertiary/aromatic N) is 3. The molecule has 31 heavy (non-hydrogen) atoms. The third-order valence-corrected chi connectivity index (χ3v) is 7.17. The molecular weight excluding hydrogens is 408 g/mol. The summed E-state index contributed by atoms with van der Waals surface area (Å²) in [5.41, 5.74) is 2.62. The van der Waals surface area contributed by atoms with Crippen molar-refractivity contribution in [3.63, 3.8) is 0 Å². The van der Waals surface area contributed by atoms with E-state index in [1.54, 1.807) is 23.7 Å². The Balaban J connectivity index is 1.30. The van der Waals surface area contributed by atoms with Crippen molar-refractivity contribution < 1.29 is 9.53 Å². The molecule has 1 unspecified atom stereocenters. The molecule has 0 saturated carbocycles. The summed E-state index contributed by atoms with van der Waals surface area (Å²) in [5, 5.41) is 6.12. The Morgan fingerprint density at radius 3 is 2.90 bits per heavy atom. The van der Waals surface area contributed by atoms with E-state index in [-0.39, 0.29) is 24.0 Å². The zero-order valence-electron chi connectivity index (χ0n) is 17.6. The van der Waals surface area contributed by atoms with Gasteiger partial charge in [0.2, 0.25) is 5.91 Å². The molecule has 1 spiro atoms. The molecule has 1 amide bonds. The summed E-state index contributed by atoms with van der Waals surface area (Å²) in [5.74, 6) is 0.893. The first-order valence-electron chi connectivity index (χ1n) is 10.7. The molecule has 0 radical (unpaired) electrons. The lowest BCUT2D eigenvalue weighted by atomic mass is 9.80. The summed E-state index contributed by atoms with van der Waals surface area (Å²) in [4.78, 5) is 24.1. The van der Waals surface area contributed by atoms with Gasteiger partial charge in [-0.3, -0.25) is 9.78 Å². The Labute approximate surface area is 186 Å². The minimum absolute atomic E-state index is 0.00665. The van der Waals surface area contributed by atoms with E-state index in [1.165, 1.54) is 0 Å². The van der Waals surface area contributed by atoms with E-state index in [9.17, 15) is 4.79 Å². The van der Waals surface area contributed by atoms with Crippen LogP contribution in [0, 0.1) is 0 Å². The number of likely N-dealkylation sites (tertiary alicyclic amines) is 1. The number of benzene rings is 1. The van der Waals surface area contributed by atoms with Gasteiger partial charge < -0.3 is 15.0 Å². The molecular formula is C24H26N4O2S. The summed E-state index contributed by atoms with van der Waals surface area (Å²) in [6, 6.07) is 11.9. The van der Waals surface area contributed by atoms with Crippen molar-refractivity contribution >= 4 is 17.2 Å². The van der Waals surface area contributed by atoms with E-state index in [0.29, 0.717) is 0 Å². The molecule has 0 bridgehead atoms. The average molecular weight is 435 g/mol. The van der Waals surface area contributed by atoms with Crippen LogP contribution in [0.4, 0.5) is 0 Å². The Morgan fingerprint density at radius 2 is 2.10 bits per heavy atom. The number of carbonyl (C=O) groups is 1. The van der Waals surface area contributed by atoms with Crippen LogP contribution in [0.1, 0.15) is 36.6 Å². The lowest BCUT2D eigenvalue weighted by Gasteiger charge is -2.46. The fourth-order valence-electron chi connectivity index (χ4n) is 4.50. The number of carbonyl (C=O) groups excluding carboxylic acids is 1. The van der Waals surface area contributed by atoms with Gasteiger partial charge in [-0.2, -0.15) is 0 Å². The predicted octanol–water partition coefficient (Wildman–Crippen LogP) is 3.85. The largest absolute Gasteiger partial charge is 0.487 e. The van der Waals surface area contributed by atoms with Crippen LogP contribution in [0.25, 0.3) is 10.6 Å². The van der Waals surface area contributed by atoms with Crippen LogP contribution in [-0.4, -0.2) is 46.5 Å². The zero-order chi connectivity index (χ0) is 21.3. The van der Waals surface area contributed by atoms with Crippen molar-refractivity contribution in [2.45, 2.75) is 37.3 Å². The highest BCUT2D eigenvalue weighted by Crippen LogP contribution is 2.44. The number of fused-ring (bicyclic) bond motifs is 1. The van der Waals surface area contributed by atoms with Gasteiger partial charge in [0, 0.05) is 48.4 Å². The van der Waals surface area contributed by atoms with Crippen molar-refractivity contribution in [3.05, 3.63) is 65.4 Å². The first kappa shape index (κ1) is 20.2. The molecule has 1 N–H and O–H groups in total. The number of amides is 1. The second kappa shape index (κ2) is 8.40. The first-order valence-corrected chi connectivity index (χ1v) is 11.6. The van der Waals surface area contributed by atoms with Crippen LogP contribution in [0.15, 0.2) is 54.2 Å². The molecule has 2 aliphatic rings. The molecule has 160 valence electrons. The molecule has 1 aromatic carbocycles. The Bertz CT molecular complexity index is 1060. The van der Waals surface area contributed by atoms with Crippen molar-refractivity contribution in [2.24, 2.45) is 0 Å². The Morgan fingerprint density at radius 1 is 1.26 bits per heavy atom. The highest BCUT2D eigenvalue weighted by molar-refractivity contribution is 7.13. The zero-order valence-corrected chi connectivity index (χ0v) is 18.4. The summed E-state index contributed by atoms with van der Waals surface area (Å²) in [6.07, 6.45) is 6.57. The molecule has 6 nitrogen and oxygen atoms in total. The topological polar surface area (TPSA) is 67.4 Å². The summed E-state index contributed by atoms with van der Waals surface area (Å²) in [6.45, 7) is 2.03. The maximum Gasteiger partial charge on any atom is 0.226 e. The second-order valence-electron chi connectivity index (χ2n) is 8.51. The number of rotatable bonds is 4. The lowest BCUT2D eigenvalue weighted by molar-refractivity contribution is -0.122. The van der Waals surface area contributed by atoms with Crippen LogP contribution in [0.2, 0.25) is 0 Å². The van der Waals surface area contributed by atoms with Gasteiger partial charge in [-0.05, 0) is 38.1 Å². The molecule has 5 rings (SSSR count). The molecule has 3 aromatic rings. The Hall–Kier alpha value is -2.77. The monoisotopic (exact) mass is 434 g/mol. The van der Waals surface area contributed by atoms with Gasteiger partial charge in [0.1, 0.15) is 16.4 Å². The van der Waals surface area contributed by atoms with Gasteiger partial charge in [0.15, 0.2) is 0 Å². The van der Waals surface area contributed by atoms with Crippen LogP contribution in [-0.2, 0) is 11.2 Å². The van der Waals surface area contributed by atoms with E-state index in [1.807, 2.05) is 35.7 Å². The smallest absolute Gasteiger partial charge is 0.226 e. The number of pyridine rings is 1. The third-order valence-electron chi connectivity index (χ3n) is 6.23. The molecule has 1 fully saturated rings. The van der Waals surface area contributed by atoms with Crippen molar-refractivity contribution in [3.8, 4) is 16.3 Å². The second-order valence-corrected chi connectivity index (χ2v) is 9.37. The van der Waals surface area contributed by atoms with E-state index >= 15 is 0 Å². The molecule has 2 aromatic heterocycles. The molecule has 4 heterocycles. The number of aromatic nitrogens is 2. The highest BCUT2D eigenvalue weighted by atomic mass is 32.1. The van der Waals surface area contributed by atoms with Gasteiger partial charge in [-0.1, -0.05) is 18.2 Å². The van der Waals surface area contributed by atoms with E-state index in [0.717, 1.165) is 59.9 Å². The minimum atomic E-state index is -0.201. The van der Waals surface area contributed by atoms with E-state index in [4.69, 9.17) is 4.74 Å². The average Bonchev–Trinajstić information content (AvgIpc) is 3.25. The Kier molecular flexibility index (Phi) is 5.46. The molecule has 1 saturated heterocycles. The minimum Gasteiger partial charge on any atom is -0.487 e. The van der Waals surface area contributed by atoms with Gasteiger partial charge in [-0.15, -0.1) is 11.3 Å². The number of piperidine rings is 1. The maximum absolute atomic E-state index is 13.0. The fourth-order valence-corrected chi connectivity index (χ4v) is 5.31.